The van der Waals surface area contributed by atoms with Gasteiger partial charge < -0.3 is 5.11 Å². The molecule has 0 aliphatic heterocycles. The number of carboxylic acids is 1. The fourth-order valence-electron chi connectivity index (χ4n) is 1.22. The van der Waals surface area contributed by atoms with Crippen LogP contribution in [-0.4, -0.2) is 21.0 Å². The van der Waals surface area contributed by atoms with Gasteiger partial charge in [0.1, 0.15) is 10.8 Å². The number of hydrogen-bond acceptors (Lipinski definition) is 4. The molecule has 4 nitrogen and oxygen atoms in total. The van der Waals surface area contributed by atoms with E-state index in [2.05, 4.69) is 9.97 Å². The molecule has 2 rings (SSSR count). The predicted molar refractivity (Wildman–Crippen MR) is 59.5 cm³/mol. The van der Waals surface area contributed by atoms with E-state index >= 15 is 0 Å². The average Bonchev–Trinajstić information content (AvgIpc) is 2.33. The number of carboxylic acid groups (broad SMARTS) is 1. The summed E-state index contributed by atoms with van der Waals surface area (Å²) >= 11 is 0.940. The molecule has 0 saturated carbocycles. The zero-order valence-corrected chi connectivity index (χ0v) is 9.32. The average molecular weight is 250 g/mol. The molecule has 0 fully saturated rings. The van der Waals surface area contributed by atoms with E-state index in [4.69, 9.17) is 5.11 Å². The lowest BCUT2D eigenvalue weighted by Crippen LogP contribution is -2.00. The lowest BCUT2D eigenvalue weighted by molar-refractivity contribution is 0.0692. The highest BCUT2D eigenvalue weighted by atomic mass is 32.2. The van der Waals surface area contributed by atoms with Crippen molar-refractivity contribution >= 4 is 17.7 Å². The largest absolute Gasteiger partial charge is 0.478 e. The molecule has 0 amide bonds. The van der Waals surface area contributed by atoms with Gasteiger partial charge in [-0.05, 0) is 12.1 Å². The van der Waals surface area contributed by atoms with E-state index in [0.717, 1.165) is 11.8 Å². The fourth-order valence-corrected chi connectivity index (χ4v) is 2.09. The summed E-state index contributed by atoms with van der Waals surface area (Å²) in [6.07, 6.45) is 4.40. The van der Waals surface area contributed by atoms with Crippen LogP contribution in [0.2, 0.25) is 0 Å². The number of hydrogen-bond donors (Lipinski definition) is 1. The van der Waals surface area contributed by atoms with Gasteiger partial charge in [-0.3, -0.25) is 4.98 Å². The maximum absolute atomic E-state index is 13.6. The minimum atomic E-state index is -1.17. The summed E-state index contributed by atoms with van der Waals surface area (Å²) in [6, 6.07) is 3.93. The molecule has 1 aromatic heterocycles. The molecular formula is C11H7FN2O2S. The molecule has 0 saturated heterocycles. The van der Waals surface area contributed by atoms with Crippen molar-refractivity contribution in [1.29, 1.82) is 0 Å². The molecule has 0 bridgehead atoms. The lowest BCUT2D eigenvalue weighted by Gasteiger charge is -2.05. The molecule has 17 heavy (non-hydrogen) atoms. The Kier molecular flexibility index (Phi) is 3.34. The van der Waals surface area contributed by atoms with E-state index in [9.17, 15) is 9.18 Å². The van der Waals surface area contributed by atoms with Crippen LogP contribution in [0.3, 0.4) is 0 Å². The van der Waals surface area contributed by atoms with E-state index in [-0.39, 0.29) is 10.5 Å². The van der Waals surface area contributed by atoms with Crippen LogP contribution in [0.1, 0.15) is 10.4 Å². The molecule has 0 unspecified atom stereocenters. The quantitative estimate of drug-likeness (QED) is 0.906. The number of benzene rings is 1. The monoisotopic (exact) mass is 250 g/mol. The second kappa shape index (κ2) is 4.92. The Hall–Kier alpha value is -1.95. The van der Waals surface area contributed by atoms with Gasteiger partial charge >= 0.3 is 5.97 Å². The van der Waals surface area contributed by atoms with Gasteiger partial charge in [0.05, 0.1) is 16.7 Å². The minimum Gasteiger partial charge on any atom is -0.478 e. The van der Waals surface area contributed by atoms with E-state index in [1.54, 1.807) is 0 Å². The Labute approximate surface area is 101 Å². The maximum atomic E-state index is 13.6. The van der Waals surface area contributed by atoms with Crippen molar-refractivity contribution in [1.82, 2.24) is 9.97 Å². The second-order valence-electron chi connectivity index (χ2n) is 3.07. The highest BCUT2D eigenvalue weighted by Crippen LogP contribution is 2.30. The van der Waals surface area contributed by atoms with E-state index in [0.29, 0.717) is 5.03 Å². The number of rotatable bonds is 3. The summed E-state index contributed by atoms with van der Waals surface area (Å²) in [5.74, 6) is -1.75. The summed E-state index contributed by atoms with van der Waals surface area (Å²) in [7, 11) is 0. The van der Waals surface area contributed by atoms with Crippen molar-refractivity contribution in [3.63, 3.8) is 0 Å². The van der Waals surface area contributed by atoms with Crippen LogP contribution in [0, 0.1) is 5.82 Å². The van der Waals surface area contributed by atoms with Crippen molar-refractivity contribution in [3.05, 3.63) is 48.2 Å². The number of nitrogens with zero attached hydrogens (tertiary/aromatic N) is 2. The minimum absolute atomic E-state index is 0.0421. The van der Waals surface area contributed by atoms with E-state index in [1.165, 1.54) is 36.8 Å². The van der Waals surface area contributed by atoms with Crippen molar-refractivity contribution in [2.75, 3.05) is 0 Å². The first kappa shape index (κ1) is 11.5. The Balaban J connectivity index is 2.41. The first-order valence-corrected chi connectivity index (χ1v) is 5.46. The van der Waals surface area contributed by atoms with Crippen LogP contribution in [0.4, 0.5) is 4.39 Å². The third kappa shape index (κ3) is 2.59. The topological polar surface area (TPSA) is 63.1 Å². The summed E-state index contributed by atoms with van der Waals surface area (Å²) in [5.41, 5.74) is -0.0827. The molecule has 1 aromatic carbocycles. The molecule has 86 valence electrons. The third-order valence-corrected chi connectivity index (χ3v) is 2.98. The van der Waals surface area contributed by atoms with Gasteiger partial charge in [-0.15, -0.1) is 0 Å². The number of aromatic carboxylic acids is 1. The SMILES string of the molecule is O=C(O)c1cccc(F)c1Sc1cnccn1. The third-order valence-electron chi connectivity index (χ3n) is 1.94. The van der Waals surface area contributed by atoms with Crippen molar-refractivity contribution in [2.24, 2.45) is 0 Å². The Morgan fingerprint density at radius 1 is 1.35 bits per heavy atom. The van der Waals surface area contributed by atoms with Gasteiger partial charge in [-0.1, -0.05) is 17.8 Å². The van der Waals surface area contributed by atoms with Gasteiger partial charge in [0.25, 0.3) is 0 Å². The zero-order valence-electron chi connectivity index (χ0n) is 8.50. The Morgan fingerprint density at radius 3 is 2.82 bits per heavy atom. The van der Waals surface area contributed by atoms with Crippen LogP contribution in [0.25, 0.3) is 0 Å². The first-order valence-electron chi connectivity index (χ1n) is 4.64. The molecule has 1 N–H and O–H groups in total. The van der Waals surface area contributed by atoms with Crippen molar-refractivity contribution in [2.45, 2.75) is 9.92 Å². The molecular weight excluding hydrogens is 243 g/mol. The van der Waals surface area contributed by atoms with Crippen molar-refractivity contribution < 1.29 is 14.3 Å². The van der Waals surface area contributed by atoms with E-state index < -0.39 is 11.8 Å². The second-order valence-corrected chi connectivity index (χ2v) is 4.10. The lowest BCUT2D eigenvalue weighted by atomic mass is 10.2. The summed E-state index contributed by atoms with van der Waals surface area (Å²) < 4.78 is 13.6. The van der Waals surface area contributed by atoms with Crippen LogP contribution in [0.15, 0.2) is 46.7 Å². The molecule has 0 radical (unpaired) electrons. The van der Waals surface area contributed by atoms with Crippen LogP contribution in [-0.2, 0) is 0 Å². The number of halogens is 1. The predicted octanol–water partition coefficient (Wildman–Crippen LogP) is 2.47. The van der Waals surface area contributed by atoms with Crippen LogP contribution in [0.5, 0.6) is 0 Å². The van der Waals surface area contributed by atoms with Crippen LogP contribution < -0.4 is 0 Å². The van der Waals surface area contributed by atoms with Gasteiger partial charge in [-0.2, -0.15) is 0 Å². The molecule has 6 heteroatoms. The highest BCUT2D eigenvalue weighted by molar-refractivity contribution is 7.99. The number of carbonyl (C=O) groups is 1. The van der Waals surface area contributed by atoms with E-state index in [1.807, 2.05) is 0 Å². The Morgan fingerprint density at radius 2 is 2.18 bits per heavy atom. The summed E-state index contributed by atoms with van der Waals surface area (Å²) in [5, 5.41) is 9.40. The van der Waals surface area contributed by atoms with Gasteiger partial charge in [0, 0.05) is 12.4 Å². The van der Waals surface area contributed by atoms with Gasteiger partial charge in [-0.25, -0.2) is 14.2 Å². The molecule has 0 aliphatic carbocycles. The fraction of sp³-hybridized carbons (Fsp3) is 0. The zero-order chi connectivity index (χ0) is 12.3. The smallest absolute Gasteiger partial charge is 0.336 e. The molecule has 0 spiro atoms. The molecule has 0 atom stereocenters. The first-order chi connectivity index (χ1) is 8.18. The van der Waals surface area contributed by atoms with Gasteiger partial charge in [0.2, 0.25) is 0 Å². The highest BCUT2D eigenvalue weighted by Gasteiger charge is 2.15. The normalized spacial score (nSPS) is 10.2. The van der Waals surface area contributed by atoms with Crippen LogP contribution >= 0.6 is 11.8 Å². The summed E-state index contributed by atoms with van der Waals surface area (Å²) in [4.78, 5) is 18.8. The van der Waals surface area contributed by atoms with Gasteiger partial charge in [0.15, 0.2) is 0 Å². The standard InChI is InChI=1S/C11H7FN2O2S/c12-8-3-1-2-7(11(15)16)10(8)17-9-6-13-4-5-14-9/h1-6H,(H,15,16). The molecule has 1 heterocycles. The molecule has 0 aliphatic rings. The number of aromatic nitrogens is 2. The maximum Gasteiger partial charge on any atom is 0.336 e. The Bertz CT molecular complexity index is 548. The van der Waals surface area contributed by atoms with Crippen molar-refractivity contribution in [3.8, 4) is 0 Å². The molecule has 2 aromatic rings. The summed E-state index contributed by atoms with van der Waals surface area (Å²) in [6.45, 7) is 0.